The molecule has 0 unspecified atom stereocenters. The minimum atomic E-state index is -0.00372. The van der Waals surface area contributed by atoms with Crippen LogP contribution in [0.5, 0.6) is 0 Å². The molecule has 0 bridgehead atoms. The number of aromatic nitrogens is 1. The Balaban J connectivity index is 1.70. The van der Waals surface area contributed by atoms with Crippen molar-refractivity contribution >= 4 is 23.4 Å². The third-order valence-corrected chi connectivity index (χ3v) is 3.74. The van der Waals surface area contributed by atoms with Gasteiger partial charge in [0.15, 0.2) is 0 Å². The van der Waals surface area contributed by atoms with E-state index in [0.717, 1.165) is 6.42 Å². The molecule has 2 rings (SSSR count). The van der Waals surface area contributed by atoms with Gasteiger partial charge in [-0.15, -0.1) is 0 Å². The Kier molecular flexibility index (Phi) is 5.43. The second-order valence-corrected chi connectivity index (χ2v) is 5.24. The number of nitrogens with two attached hydrogens (primary N) is 1. The number of nitrogens with zero attached hydrogens (tertiary/aromatic N) is 1. The number of pyridine rings is 1. The van der Waals surface area contributed by atoms with Crippen molar-refractivity contribution in [2.24, 2.45) is 0 Å². The topological polar surface area (TPSA) is 68.0 Å². The Morgan fingerprint density at radius 1 is 1.20 bits per heavy atom. The van der Waals surface area contributed by atoms with Gasteiger partial charge in [0, 0.05) is 12.7 Å². The lowest BCUT2D eigenvalue weighted by Gasteiger charge is -2.06. The molecule has 3 N–H and O–H groups in total. The number of hydrogen-bond donors (Lipinski definition) is 2. The van der Waals surface area contributed by atoms with Crippen molar-refractivity contribution in [3.63, 3.8) is 0 Å². The maximum atomic E-state index is 11.7. The fraction of sp³-hybridized carbons (Fsp3) is 0.200. The van der Waals surface area contributed by atoms with E-state index < -0.39 is 0 Å². The maximum Gasteiger partial charge on any atom is 0.230 e. The zero-order valence-electron chi connectivity index (χ0n) is 11.1. The summed E-state index contributed by atoms with van der Waals surface area (Å²) in [6.07, 6.45) is 2.51. The first kappa shape index (κ1) is 14.4. The molecule has 20 heavy (non-hydrogen) atoms. The minimum absolute atomic E-state index is 0.00372. The van der Waals surface area contributed by atoms with E-state index in [9.17, 15) is 4.79 Å². The normalized spacial score (nSPS) is 10.2. The summed E-state index contributed by atoms with van der Waals surface area (Å²) < 4.78 is 0. The molecule has 0 fully saturated rings. The first-order valence-electron chi connectivity index (χ1n) is 6.39. The second kappa shape index (κ2) is 7.55. The quantitative estimate of drug-likeness (QED) is 0.799. The summed E-state index contributed by atoms with van der Waals surface area (Å²) in [6, 6.07) is 13.6. The van der Waals surface area contributed by atoms with Gasteiger partial charge in [-0.2, -0.15) is 0 Å². The van der Waals surface area contributed by atoms with E-state index >= 15 is 0 Å². The molecule has 0 atom stereocenters. The molecule has 0 spiro atoms. The Morgan fingerprint density at radius 3 is 2.75 bits per heavy atom. The zero-order chi connectivity index (χ0) is 14.2. The maximum absolute atomic E-state index is 11.7. The van der Waals surface area contributed by atoms with Crippen LogP contribution in [-0.2, 0) is 11.2 Å². The van der Waals surface area contributed by atoms with Crippen LogP contribution in [0.3, 0.4) is 0 Å². The van der Waals surface area contributed by atoms with Gasteiger partial charge in [-0.3, -0.25) is 4.79 Å². The van der Waals surface area contributed by atoms with Gasteiger partial charge >= 0.3 is 0 Å². The Bertz CT molecular complexity index is 560. The van der Waals surface area contributed by atoms with E-state index in [1.807, 2.05) is 18.2 Å². The molecule has 1 aromatic carbocycles. The highest BCUT2D eigenvalue weighted by Crippen LogP contribution is 2.20. The summed E-state index contributed by atoms with van der Waals surface area (Å²) in [7, 11) is 0. The molecule has 0 saturated heterocycles. The van der Waals surface area contributed by atoms with Crippen LogP contribution in [0.1, 0.15) is 5.56 Å². The fourth-order valence-electron chi connectivity index (χ4n) is 1.70. The fourth-order valence-corrected chi connectivity index (χ4v) is 2.44. The van der Waals surface area contributed by atoms with Gasteiger partial charge in [-0.1, -0.05) is 42.1 Å². The van der Waals surface area contributed by atoms with Gasteiger partial charge < -0.3 is 11.1 Å². The van der Waals surface area contributed by atoms with E-state index in [4.69, 9.17) is 5.73 Å². The third-order valence-electron chi connectivity index (χ3n) is 2.72. The first-order valence-corrected chi connectivity index (χ1v) is 7.38. The van der Waals surface area contributed by atoms with Gasteiger partial charge in [0.25, 0.3) is 0 Å². The molecular weight excluding hydrogens is 270 g/mol. The highest BCUT2D eigenvalue weighted by Gasteiger charge is 2.05. The Hall–Kier alpha value is -2.01. The lowest BCUT2D eigenvalue weighted by molar-refractivity contribution is -0.118. The molecule has 0 aliphatic rings. The summed E-state index contributed by atoms with van der Waals surface area (Å²) in [5.74, 6) is 0.326. The number of hydrogen-bond acceptors (Lipinski definition) is 4. The third kappa shape index (κ3) is 4.59. The van der Waals surface area contributed by atoms with Crippen LogP contribution in [0.4, 0.5) is 5.69 Å². The number of rotatable bonds is 6. The largest absolute Gasteiger partial charge is 0.397 e. The van der Waals surface area contributed by atoms with Gasteiger partial charge in [0.2, 0.25) is 5.91 Å². The van der Waals surface area contributed by atoms with E-state index in [0.29, 0.717) is 23.0 Å². The van der Waals surface area contributed by atoms with E-state index in [1.165, 1.54) is 17.3 Å². The van der Waals surface area contributed by atoms with Crippen LogP contribution in [0.2, 0.25) is 0 Å². The molecule has 1 heterocycles. The van der Waals surface area contributed by atoms with Crippen molar-refractivity contribution < 1.29 is 4.79 Å². The minimum Gasteiger partial charge on any atom is -0.397 e. The molecule has 1 aromatic heterocycles. The Labute approximate surface area is 122 Å². The van der Waals surface area contributed by atoms with Gasteiger partial charge in [0.1, 0.15) is 5.03 Å². The number of anilines is 1. The summed E-state index contributed by atoms with van der Waals surface area (Å²) >= 11 is 1.35. The number of benzene rings is 1. The SMILES string of the molecule is Nc1cccnc1SCC(=O)NCCc1ccccc1. The number of nitrogens with one attached hydrogen (secondary N) is 1. The van der Waals surface area contributed by atoms with E-state index in [-0.39, 0.29) is 5.91 Å². The predicted molar refractivity (Wildman–Crippen MR) is 82.5 cm³/mol. The molecule has 0 radical (unpaired) electrons. The van der Waals surface area contributed by atoms with Gasteiger partial charge in [-0.05, 0) is 24.1 Å². The lowest BCUT2D eigenvalue weighted by atomic mass is 10.1. The highest BCUT2D eigenvalue weighted by atomic mass is 32.2. The predicted octanol–water partition coefficient (Wildman–Crippen LogP) is 2.11. The number of carbonyl (C=O) groups excluding carboxylic acids is 1. The second-order valence-electron chi connectivity index (χ2n) is 4.27. The molecule has 5 heteroatoms. The standard InChI is InChI=1S/C15H17N3OS/c16-13-7-4-9-18-15(13)20-11-14(19)17-10-8-12-5-2-1-3-6-12/h1-7,9H,8,10-11,16H2,(H,17,19). The summed E-state index contributed by atoms with van der Waals surface area (Å²) in [5.41, 5.74) is 7.59. The smallest absolute Gasteiger partial charge is 0.230 e. The number of carbonyl (C=O) groups is 1. The summed E-state index contributed by atoms with van der Waals surface area (Å²) in [6.45, 7) is 0.640. The van der Waals surface area contributed by atoms with Crippen molar-refractivity contribution in [2.45, 2.75) is 11.4 Å². The van der Waals surface area contributed by atoms with Crippen molar-refractivity contribution in [3.8, 4) is 0 Å². The number of nitrogen functional groups attached to an aromatic ring is 1. The highest BCUT2D eigenvalue weighted by molar-refractivity contribution is 8.00. The summed E-state index contributed by atoms with van der Waals surface area (Å²) in [4.78, 5) is 15.9. The van der Waals surface area contributed by atoms with Crippen molar-refractivity contribution in [2.75, 3.05) is 18.0 Å². The van der Waals surface area contributed by atoms with E-state index in [1.54, 1.807) is 18.3 Å². The zero-order valence-corrected chi connectivity index (χ0v) is 11.9. The number of thioether (sulfide) groups is 1. The lowest BCUT2D eigenvalue weighted by Crippen LogP contribution is -2.27. The first-order chi connectivity index (χ1) is 9.75. The van der Waals surface area contributed by atoms with Crippen LogP contribution >= 0.6 is 11.8 Å². The molecule has 0 saturated carbocycles. The van der Waals surface area contributed by atoms with Crippen LogP contribution in [0.25, 0.3) is 0 Å². The van der Waals surface area contributed by atoms with Crippen LogP contribution in [0.15, 0.2) is 53.7 Å². The molecule has 4 nitrogen and oxygen atoms in total. The average molecular weight is 287 g/mol. The average Bonchev–Trinajstić information content (AvgIpc) is 2.47. The molecular formula is C15H17N3OS. The monoisotopic (exact) mass is 287 g/mol. The molecule has 2 aromatic rings. The Morgan fingerprint density at radius 2 is 2.00 bits per heavy atom. The van der Waals surface area contributed by atoms with Crippen LogP contribution in [-0.4, -0.2) is 23.2 Å². The van der Waals surface area contributed by atoms with Crippen molar-refractivity contribution in [3.05, 3.63) is 54.2 Å². The molecule has 0 aliphatic heterocycles. The van der Waals surface area contributed by atoms with Gasteiger partial charge in [-0.25, -0.2) is 4.98 Å². The van der Waals surface area contributed by atoms with Crippen molar-refractivity contribution in [1.29, 1.82) is 0 Å². The summed E-state index contributed by atoms with van der Waals surface area (Å²) in [5, 5.41) is 3.59. The molecule has 104 valence electrons. The van der Waals surface area contributed by atoms with E-state index in [2.05, 4.69) is 22.4 Å². The molecule has 1 amide bonds. The number of amides is 1. The van der Waals surface area contributed by atoms with Crippen LogP contribution < -0.4 is 11.1 Å². The van der Waals surface area contributed by atoms with Crippen LogP contribution in [0, 0.1) is 0 Å². The van der Waals surface area contributed by atoms with Gasteiger partial charge in [0.05, 0.1) is 11.4 Å². The molecule has 0 aliphatic carbocycles. The van der Waals surface area contributed by atoms with Crippen molar-refractivity contribution in [1.82, 2.24) is 10.3 Å².